The van der Waals surface area contributed by atoms with Gasteiger partial charge in [-0.25, -0.2) is 0 Å². The van der Waals surface area contributed by atoms with Gasteiger partial charge >= 0.3 is 0 Å². The number of rotatable bonds is 4. The molecule has 1 unspecified atom stereocenters. The molecule has 2 heterocycles. The van der Waals surface area contributed by atoms with Gasteiger partial charge in [0, 0.05) is 10.7 Å². The van der Waals surface area contributed by atoms with Gasteiger partial charge < -0.3 is 9.63 Å². The minimum atomic E-state index is -0.796. The van der Waals surface area contributed by atoms with E-state index in [-0.39, 0.29) is 18.7 Å². The standard InChI is InChI=1S/C11H9BrN4O2/c12-8-2-1-5-14-10(8)11-15-9(18-16-11)6-7(17)3-4-13/h1-2,5,7,17H,3,6H2. The number of aliphatic hydroxyl groups is 1. The molecule has 0 saturated carbocycles. The van der Waals surface area contributed by atoms with Crippen molar-refractivity contribution in [3.8, 4) is 17.6 Å². The fourth-order valence-corrected chi connectivity index (χ4v) is 1.80. The van der Waals surface area contributed by atoms with Crippen molar-refractivity contribution in [2.75, 3.05) is 0 Å². The van der Waals surface area contributed by atoms with Crippen LogP contribution in [-0.2, 0) is 6.42 Å². The first-order valence-electron chi connectivity index (χ1n) is 5.19. The van der Waals surface area contributed by atoms with E-state index >= 15 is 0 Å². The van der Waals surface area contributed by atoms with Crippen LogP contribution in [0.25, 0.3) is 11.5 Å². The lowest BCUT2D eigenvalue weighted by molar-refractivity contribution is 0.167. The Hall–Kier alpha value is -1.78. The summed E-state index contributed by atoms with van der Waals surface area (Å²) in [5, 5.41) is 21.7. The summed E-state index contributed by atoms with van der Waals surface area (Å²) in [7, 11) is 0. The van der Waals surface area contributed by atoms with E-state index in [1.807, 2.05) is 12.1 Å². The van der Waals surface area contributed by atoms with E-state index < -0.39 is 6.10 Å². The van der Waals surface area contributed by atoms with Gasteiger partial charge in [-0.05, 0) is 28.1 Å². The average Bonchev–Trinajstić information content (AvgIpc) is 2.78. The molecule has 0 bridgehead atoms. The third kappa shape index (κ3) is 2.91. The van der Waals surface area contributed by atoms with Crippen molar-refractivity contribution in [3.05, 3.63) is 28.7 Å². The zero-order valence-electron chi connectivity index (χ0n) is 9.25. The molecule has 1 atom stereocenters. The number of hydrogen-bond acceptors (Lipinski definition) is 6. The van der Waals surface area contributed by atoms with Crippen molar-refractivity contribution in [3.63, 3.8) is 0 Å². The van der Waals surface area contributed by atoms with Crippen LogP contribution >= 0.6 is 15.9 Å². The van der Waals surface area contributed by atoms with Crippen LogP contribution in [-0.4, -0.2) is 26.3 Å². The minimum Gasteiger partial charge on any atom is -0.392 e. The van der Waals surface area contributed by atoms with E-state index in [9.17, 15) is 5.11 Å². The van der Waals surface area contributed by atoms with Crippen LogP contribution < -0.4 is 0 Å². The smallest absolute Gasteiger partial charge is 0.229 e. The summed E-state index contributed by atoms with van der Waals surface area (Å²) in [6.07, 6.45) is 1.02. The Labute approximate surface area is 111 Å². The maximum absolute atomic E-state index is 9.46. The molecule has 1 N–H and O–H groups in total. The SMILES string of the molecule is N#CCC(O)Cc1nc(-c2ncccc2Br)no1. The molecular formula is C11H9BrN4O2. The Balaban J connectivity index is 2.16. The highest BCUT2D eigenvalue weighted by atomic mass is 79.9. The number of pyridine rings is 1. The number of nitrogens with zero attached hydrogens (tertiary/aromatic N) is 4. The number of halogens is 1. The lowest BCUT2D eigenvalue weighted by Crippen LogP contribution is -2.09. The highest BCUT2D eigenvalue weighted by Gasteiger charge is 2.15. The van der Waals surface area contributed by atoms with E-state index in [2.05, 4.69) is 31.1 Å². The Morgan fingerprint density at radius 2 is 2.39 bits per heavy atom. The van der Waals surface area contributed by atoms with Gasteiger partial charge in [-0.2, -0.15) is 10.2 Å². The number of aromatic nitrogens is 3. The highest BCUT2D eigenvalue weighted by Crippen LogP contribution is 2.23. The molecule has 6 nitrogen and oxygen atoms in total. The Morgan fingerprint density at radius 3 is 3.11 bits per heavy atom. The van der Waals surface area contributed by atoms with Crippen molar-refractivity contribution < 1.29 is 9.63 Å². The van der Waals surface area contributed by atoms with Crippen LogP contribution in [0.4, 0.5) is 0 Å². The molecule has 2 aromatic heterocycles. The molecule has 0 aliphatic carbocycles. The van der Waals surface area contributed by atoms with Crippen LogP contribution in [0.2, 0.25) is 0 Å². The van der Waals surface area contributed by atoms with Crippen LogP contribution in [0, 0.1) is 11.3 Å². The second-order valence-electron chi connectivity index (χ2n) is 3.57. The normalized spacial score (nSPS) is 12.1. The molecule has 0 saturated heterocycles. The van der Waals surface area contributed by atoms with Gasteiger partial charge in [-0.3, -0.25) is 4.98 Å². The first-order chi connectivity index (χ1) is 8.70. The molecule has 2 aromatic rings. The molecule has 18 heavy (non-hydrogen) atoms. The van der Waals surface area contributed by atoms with E-state index in [4.69, 9.17) is 9.78 Å². The van der Waals surface area contributed by atoms with E-state index in [1.165, 1.54) is 0 Å². The first kappa shape index (κ1) is 12.7. The Morgan fingerprint density at radius 1 is 1.56 bits per heavy atom. The zero-order valence-corrected chi connectivity index (χ0v) is 10.8. The lowest BCUT2D eigenvalue weighted by Gasteiger charge is -1.99. The average molecular weight is 309 g/mol. The monoisotopic (exact) mass is 308 g/mol. The third-order valence-corrected chi connectivity index (χ3v) is 2.82. The zero-order chi connectivity index (χ0) is 13.0. The summed E-state index contributed by atoms with van der Waals surface area (Å²) in [6, 6.07) is 5.48. The fourth-order valence-electron chi connectivity index (χ4n) is 1.36. The Bertz CT molecular complexity index is 578. The number of nitriles is 1. The second-order valence-corrected chi connectivity index (χ2v) is 4.42. The molecule has 2 rings (SSSR count). The highest BCUT2D eigenvalue weighted by molar-refractivity contribution is 9.10. The summed E-state index contributed by atoms with van der Waals surface area (Å²) in [5.41, 5.74) is 0.572. The maximum Gasteiger partial charge on any atom is 0.229 e. The number of aliphatic hydroxyl groups excluding tert-OH is 1. The summed E-state index contributed by atoms with van der Waals surface area (Å²) in [5.74, 6) is 0.631. The molecule has 0 fully saturated rings. The molecule has 0 radical (unpaired) electrons. The predicted molar refractivity (Wildman–Crippen MR) is 65.2 cm³/mol. The Kier molecular flexibility index (Phi) is 4.02. The lowest BCUT2D eigenvalue weighted by atomic mass is 10.2. The van der Waals surface area contributed by atoms with Gasteiger partial charge in [0.2, 0.25) is 11.7 Å². The number of hydrogen-bond donors (Lipinski definition) is 1. The van der Waals surface area contributed by atoms with Crippen molar-refractivity contribution >= 4 is 15.9 Å². The quantitative estimate of drug-likeness (QED) is 0.923. The molecule has 7 heteroatoms. The molecule has 0 aliphatic rings. The van der Waals surface area contributed by atoms with Crippen molar-refractivity contribution in [2.24, 2.45) is 0 Å². The summed E-state index contributed by atoms with van der Waals surface area (Å²) in [4.78, 5) is 8.25. The summed E-state index contributed by atoms with van der Waals surface area (Å²) >= 11 is 3.34. The van der Waals surface area contributed by atoms with Crippen molar-refractivity contribution in [2.45, 2.75) is 18.9 Å². The first-order valence-corrected chi connectivity index (χ1v) is 5.98. The van der Waals surface area contributed by atoms with E-state index in [1.54, 1.807) is 12.3 Å². The van der Waals surface area contributed by atoms with E-state index in [0.717, 1.165) is 4.47 Å². The van der Waals surface area contributed by atoms with Gasteiger partial charge in [-0.15, -0.1) is 0 Å². The molecule has 0 aromatic carbocycles. The van der Waals surface area contributed by atoms with Gasteiger partial charge in [0.1, 0.15) is 5.69 Å². The van der Waals surface area contributed by atoms with Gasteiger partial charge in [0.05, 0.1) is 25.0 Å². The van der Waals surface area contributed by atoms with Gasteiger partial charge in [-0.1, -0.05) is 5.16 Å². The topological polar surface area (TPSA) is 95.8 Å². The summed E-state index contributed by atoms with van der Waals surface area (Å²) in [6.45, 7) is 0. The van der Waals surface area contributed by atoms with Crippen molar-refractivity contribution in [1.29, 1.82) is 5.26 Å². The van der Waals surface area contributed by atoms with E-state index in [0.29, 0.717) is 11.5 Å². The molecule has 0 amide bonds. The van der Waals surface area contributed by atoms with Crippen LogP contribution in [0.15, 0.2) is 27.3 Å². The van der Waals surface area contributed by atoms with Gasteiger partial charge in [0.25, 0.3) is 0 Å². The van der Waals surface area contributed by atoms with Crippen molar-refractivity contribution in [1.82, 2.24) is 15.1 Å². The largest absolute Gasteiger partial charge is 0.392 e. The minimum absolute atomic E-state index is 0.0327. The second kappa shape index (κ2) is 5.71. The van der Waals surface area contributed by atoms with Crippen LogP contribution in [0.3, 0.4) is 0 Å². The predicted octanol–water partition coefficient (Wildman–Crippen LogP) is 1.71. The molecular weight excluding hydrogens is 300 g/mol. The fraction of sp³-hybridized carbons (Fsp3) is 0.273. The van der Waals surface area contributed by atoms with Crippen LogP contribution in [0.5, 0.6) is 0 Å². The molecule has 92 valence electrons. The molecule has 0 aliphatic heterocycles. The maximum atomic E-state index is 9.46. The third-order valence-electron chi connectivity index (χ3n) is 2.18. The van der Waals surface area contributed by atoms with Gasteiger partial charge in [0.15, 0.2) is 0 Å². The molecule has 0 spiro atoms. The summed E-state index contributed by atoms with van der Waals surface area (Å²) < 4.78 is 5.76. The van der Waals surface area contributed by atoms with Crippen LogP contribution in [0.1, 0.15) is 12.3 Å².